The summed E-state index contributed by atoms with van der Waals surface area (Å²) in [6, 6.07) is 4.12. The highest BCUT2D eigenvalue weighted by molar-refractivity contribution is 5.30. The maximum absolute atomic E-state index is 13.1. The largest absolute Gasteiger partial charge is 0.394 e. The van der Waals surface area contributed by atoms with Crippen molar-refractivity contribution in [3.05, 3.63) is 35.1 Å². The van der Waals surface area contributed by atoms with Gasteiger partial charge in [0.25, 0.3) is 0 Å². The van der Waals surface area contributed by atoms with Gasteiger partial charge in [-0.15, -0.1) is 0 Å². The molecule has 0 spiro atoms. The number of rotatable bonds is 2. The van der Waals surface area contributed by atoms with Crippen LogP contribution in [0.25, 0.3) is 0 Å². The van der Waals surface area contributed by atoms with Crippen molar-refractivity contribution in [2.75, 3.05) is 6.61 Å². The number of halogens is 1. The second kappa shape index (κ2) is 3.65. The second-order valence-corrected chi connectivity index (χ2v) is 2.76. The standard InChI is InChI=1S/C9H12FNO/c1-6-3-2-4-7(10)9(6)8(11)5-12/h2-4,8,12H,5,11H2,1H3/t8-/m1/s1. The summed E-state index contributed by atoms with van der Waals surface area (Å²) in [5.74, 6) is -0.350. The van der Waals surface area contributed by atoms with E-state index in [0.717, 1.165) is 5.56 Å². The molecule has 0 saturated carbocycles. The smallest absolute Gasteiger partial charge is 0.128 e. The van der Waals surface area contributed by atoms with Crippen molar-refractivity contribution >= 4 is 0 Å². The molecule has 2 nitrogen and oxygen atoms in total. The molecular formula is C9H12FNO. The van der Waals surface area contributed by atoms with Crippen molar-refractivity contribution in [2.45, 2.75) is 13.0 Å². The van der Waals surface area contributed by atoms with Crippen LogP contribution in [-0.2, 0) is 0 Å². The van der Waals surface area contributed by atoms with E-state index in [9.17, 15) is 4.39 Å². The molecule has 1 rings (SSSR count). The molecule has 1 atom stereocenters. The molecule has 0 heterocycles. The number of aliphatic hydroxyl groups excluding tert-OH is 1. The zero-order valence-electron chi connectivity index (χ0n) is 6.92. The number of aliphatic hydroxyl groups is 1. The van der Waals surface area contributed by atoms with Crippen LogP contribution in [0.15, 0.2) is 18.2 Å². The summed E-state index contributed by atoms with van der Waals surface area (Å²) in [6.07, 6.45) is 0. The zero-order chi connectivity index (χ0) is 9.14. The molecule has 0 aliphatic heterocycles. The Kier molecular flexibility index (Phi) is 2.78. The van der Waals surface area contributed by atoms with E-state index in [1.165, 1.54) is 6.07 Å². The molecule has 0 radical (unpaired) electrons. The number of hydrogen-bond donors (Lipinski definition) is 2. The number of benzene rings is 1. The maximum atomic E-state index is 13.1. The Hall–Kier alpha value is -0.930. The van der Waals surface area contributed by atoms with E-state index in [1.54, 1.807) is 19.1 Å². The molecule has 12 heavy (non-hydrogen) atoms. The minimum atomic E-state index is -0.619. The fourth-order valence-corrected chi connectivity index (χ4v) is 1.21. The molecule has 1 aromatic carbocycles. The Bertz CT molecular complexity index is 255. The third kappa shape index (κ3) is 1.62. The maximum Gasteiger partial charge on any atom is 0.128 e. The van der Waals surface area contributed by atoms with Crippen molar-refractivity contribution in [1.29, 1.82) is 0 Å². The average Bonchev–Trinajstić information content (AvgIpc) is 2.03. The molecule has 3 heteroatoms. The van der Waals surface area contributed by atoms with Gasteiger partial charge in [-0.05, 0) is 18.6 Å². The molecule has 0 saturated heterocycles. The lowest BCUT2D eigenvalue weighted by Crippen LogP contribution is -2.17. The van der Waals surface area contributed by atoms with E-state index in [0.29, 0.717) is 5.56 Å². The van der Waals surface area contributed by atoms with Gasteiger partial charge in [0.1, 0.15) is 5.82 Å². The third-order valence-corrected chi connectivity index (χ3v) is 1.84. The Morgan fingerprint density at radius 2 is 2.25 bits per heavy atom. The Morgan fingerprint density at radius 1 is 1.58 bits per heavy atom. The van der Waals surface area contributed by atoms with Crippen LogP contribution in [0.2, 0.25) is 0 Å². The third-order valence-electron chi connectivity index (χ3n) is 1.84. The van der Waals surface area contributed by atoms with Crippen LogP contribution in [0.3, 0.4) is 0 Å². The van der Waals surface area contributed by atoms with Crippen molar-refractivity contribution in [3.63, 3.8) is 0 Å². The van der Waals surface area contributed by atoms with Crippen LogP contribution in [0.5, 0.6) is 0 Å². The average molecular weight is 169 g/mol. The lowest BCUT2D eigenvalue weighted by molar-refractivity contribution is 0.265. The van der Waals surface area contributed by atoms with Gasteiger partial charge in [0.05, 0.1) is 12.6 Å². The normalized spacial score (nSPS) is 13.0. The van der Waals surface area contributed by atoms with E-state index >= 15 is 0 Å². The van der Waals surface area contributed by atoms with Crippen LogP contribution in [-0.4, -0.2) is 11.7 Å². The summed E-state index contributed by atoms with van der Waals surface area (Å²) < 4.78 is 13.1. The van der Waals surface area contributed by atoms with E-state index in [-0.39, 0.29) is 12.4 Å². The highest BCUT2D eigenvalue weighted by Crippen LogP contribution is 2.18. The first-order valence-electron chi connectivity index (χ1n) is 3.78. The molecule has 0 bridgehead atoms. The molecule has 0 aromatic heterocycles. The van der Waals surface area contributed by atoms with Crippen molar-refractivity contribution < 1.29 is 9.50 Å². The van der Waals surface area contributed by atoms with Crippen LogP contribution < -0.4 is 5.73 Å². The topological polar surface area (TPSA) is 46.2 Å². The van der Waals surface area contributed by atoms with Crippen molar-refractivity contribution in [2.24, 2.45) is 5.73 Å². The molecule has 0 amide bonds. The van der Waals surface area contributed by atoms with Gasteiger partial charge in [-0.1, -0.05) is 12.1 Å². The van der Waals surface area contributed by atoms with Gasteiger partial charge in [-0.2, -0.15) is 0 Å². The molecule has 0 aliphatic carbocycles. The minimum Gasteiger partial charge on any atom is -0.394 e. The number of nitrogens with two attached hydrogens (primary N) is 1. The lowest BCUT2D eigenvalue weighted by Gasteiger charge is -2.12. The quantitative estimate of drug-likeness (QED) is 0.697. The molecule has 0 unspecified atom stereocenters. The van der Waals surface area contributed by atoms with Gasteiger partial charge in [0, 0.05) is 5.56 Å². The predicted molar refractivity (Wildman–Crippen MR) is 45.2 cm³/mol. The molecule has 3 N–H and O–H groups in total. The van der Waals surface area contributed by atoms with Gasteiger partial charge in [0.2, 0.25) is 0 Å². The van der Waals surface area contributed by atoms with Gasteiger partial charge in [0.15, 0.2) is 0 Å². The SMILES string of the molecule is Cc1cccc(F)c1[C@H](N)CO. The van der Waals surface area contributed by atoms with Crippen LogP contribution in [0.4, 0.5) is 4.39 Å². The van der Waals surface area contributed by atoms with Gasteiger partial charge in [-0.3, -0.25) is 0 Å². The van der Waals surface area contributed by atoms with E-state index in [1.807, 2.05) is 0 Å². The molecule has 0 fully saturated rings. The van der Waals surface area contributed by atoms with Crippen LogP contribution in [0.1, 0.15) is 17.2 Å². The summed E-state index contributed by atoms with van der Waals surface area (Å²) >= 11 is 0. The van der Waals surface area contributed by atoms with Crippen molar-refractivity contribution in [3.8, 4) is 0 Å². The lowest BCUT2D eigenvalue weighted by atomic mass is 10.0. The predicted octanol–water partition coefficient (Wildman–Crippen LogP) is 1.13. The summed E-state index contributed by atoms with van der Waals surface area (Å²) in [6.45, 7) is 1.54. The monoisotopic (exact) mass is 169 g/mol. The fourth-order valence-electron chi connectivity index (χ4n) is 1.21. The Balaban J connectivity index is 3.12. The first-order valence-corrected chi connectivity index (χ1v) is 3.78. The van der Waals surface area contributed by atoms with Crippen molar-refractivity contribution in [1.82, 2.24) is 0 Å². The van der Waals surface area contributed by atoms with E-state index in [2.05, 4.69) is 0 Å². The van der Waals surface area contributed by atoms with E-state index in [4.69, 9.17) is 10.8 Å². The molecule has 1 aromatic rings. The summed E-state index contributed by atoms with van der Waals surface area (Å²) in [5.41, 5.74) is 6.68. The van der Waals surface area contributed by atoms with E-state index < -0.39 is 6.04 Å². The van der Waals surface area contributed by atoms with Crippen LogP contribution >= 0.6 is 0 Å². The highest BCUT2D eigenvalue weighted by Gasteiger charge is 2.11. The van der Waals surface area contributed by atoms with Gasteiger partial charge < -0.3 is 10.8 Å². The fraction of sp³-hybridized carbons (Fsp3) is 0.333. The molecule has 0 aliphatic rings. The number of hydrogen-bond acceptors (Lipinski definition) is 2. The second-order valence-electron chi connectivity index (χ2n) is 2.76. The zero-order valence-corrected chi connectivity index (χ0v) is 6.92. The molecule has 66 valence electrons. The summed E-state index contributed by atoms with van der Waals surface area (Å²) in [7, 11) is 0. The Labute approximate surface area is 70.8 Å². The highest BCUT2D eigenvalue weighted by atomic mass is 19.1. The molecular weight excluding hydrogens is 157 g/mol. The Morgan fingerprint density at radius 3 is 2.75 bits per heavy atom. The van der Waals surface area contributed by atoms with Gasteiger partial charge in [-0.25, -0.2) is 4.39 Å². The van der Waals surface area contributed by atoms with Crippen LogP contribution in [0, 0.1) is 12.7 Å². The van der Waals surface area contributed by atoms with Gasteiger partial charge >= 0.3 is 0 Å². The summed E-state index contributed by atoms with van der Waals surface area (Å²) in [4.78, 5) is 0. The minimum absolute atomic E-state index is 0.234. The summed E-state index contributed by atoms with van der Waals surface area (Å²) in [5, 5.41) is 8.75. The number of aryl methyl sites for hydroxylation is 1. The first-order chi connectivity index (χ1) is 5.66. The first kappa shape index (κ1) is 9.16.